The monoisotopic (exact) mass is 377 g/mol. The van der Waals surface area contributed by atoms with Gasteiger partial charge in [0.05, 0.1) is 24.4 Å². The van der Waals surface area contributed by atoms with Gasteiger partial charge in [-0.15, -0.1) is 0 Å². The molecule has 28 heavy (non-hydrogen) atoms. The van der Waals surface area contributed by atoms with Crippen LogP contribution in [0.3, 0.4) is 0 Å². The summed E-state index contributed by atoms with van der Waals surface area (Å²) >= 11 is 0. The minimum atomic E-state index is -0.684. The van der Waals surface area contributed by atoms with Crippen molar-refractivity contribution in [3.05, 3.63) is 59.9 Å². The van der Waals surface area contributed by atoms with E-state index in [0.29, 0.717) is 34.3 Å². The Morgan fingerprint density at radius 2 is 2.00 bits per heavy atom. The van der Waals surface area contributed by atoms with Gasteiger partial charge in [-0.3, -0.25) is 9.59 Å². The second-order valence-electron chi connectivity index (χ2n) is 6.51. The Bertz CT molecular complexity index is 1060. The number of amides is 2. The van der Waals surface area contributed by atoms with E-state index in [-0.39, 0.29) is 18.2 Å². The maximum atomic E-state index is 13.1. The van der Waals surface area contributed by atoms with Crippen LogP contribution < -0.4 is 15.4 Å². The zero-order valence-corrected chi connectivity index (χ0v) is 15.5. The lowest BCUT2D eigenvalue weighted by molar-refractivity contribution is -0.121. The third kappa shape index (κ3) is 2.79. The van der Waals surface area contributed by atoms with Gasteiger partial charge in [-0.1, -0.05) is 12.1 Å². The summed E-state index contributed by atoms with van der Waals surface area (Å²) in [7, 11) is 1.53. The minimum absolute atomic E-state index is 0.0367. The zero-order valence-electron chi connectivity index (χ0n) is 15.5. The number of aryl methyl sites for hydroxylation is 1. The molecule has 3 heterocycles. The molecule has 3 aromatic rings. The lowest BCUT2D eigenvalue weighted by atomic mass is 9.97. The second-order valence-corrected chi connectivity index (χ2v) is 6.51. The molecule has 0 saturated carbocycles. The van der Waals surface area contributed by atoms with Crippen LogP contribution in [0.2, 0.25) is 0 Å². The summed E-state index contributed by atoms with van der Waals surface area (Å²) in [6.45, 7) is 1.77. The van der Waals surface area contributed by atoms with Crippen molar-refractivity contribution in [1.29, 1.82) is 0 Å². The average Bonchev–Trinajstić information content (AvgIpc) is 3.17. The van der Waals surface area contributed by atoms with Crippen molar-refractivity contribution in [2.75, 3.05) is 17.7 Å². The molecule has 1 unspecified atom stereocenters. The second kappa shape index (κ2) is 6.80. The molecule has 0 radical (unpaired) electrons. The SMILES string of the molecule is COc1cccc(N2C(=O)CC(c3c(C)nn(-c4ccccn4)c3N)C2=O)c1. The first-order chi connectivity index (χ1) is 13.5. The summed E-state index contributed by atoms with van der Waals surface area (Å²) in [4.78, 5) is 31.2. The lowest BCUT2D eigenvalue weighted by Crippen LogP contribution is -2.30. The van der Waals surface area contributed by atoms with Crippen molar-refractivity contribution >= 4 is 23.3 Å². The molecule has 1 aliphatic rings. The maximum absolute atomic E-state index is 13.1. The van der Waals surface area contributed by atoms with E-state index in [0.717, 1.165) is 0 Å². The van der Waals surface area contributed by atoms with Gasteiger partial charge in [0.2, 0.25) is 11.8 Å². The zero-order chi connectivity index (χ0) is 19.8. The Morgan fingerprint density at radius 3 is 2.71 bits per heavy atom. The van der Waals surface area contributed by atoms with E-state index < -0.39 is 5.92 Å². The van der Waals surface area contributed by atoms with Gasteiger partial charge in [-0.2, -0.15) is 9.78 Å². The minimum Gasteiger partial charge on any atom is -0.497 e. The van der Waals surface area contributed by atoms with Crippen LogP contribution in [0.1, 0.15) is 23.6 Å². The summed E-state index contributed by atoms with van der Waals surface area (Å²) in [5.74, 6) is 0.142. The van der Waals surface area contributed by atoms with Crippen molar-refractivity contribution in [3.63, 3.8) is 0 Å². The van der Waals surface area contributed by atoms with Crippen molar-refractivity contribution in [3.8, 4) is 11.6 Å². The largest absolute Gasteiger partial charge is 0.497 e. The first kappa shape index (κ1) is 17.7. The number of hydrogen-bond acceptors (Lipinski definition) is 6. The Hall–Kier alpha value is -3.68. The average molecular weight is 377 g/mol. The number of imide groups is 1. The Morgan fingerprint density at radius 1 is 1.18 bits per heavy atom. The highest BCUT2D eigenvalue weighted by molar-refractivity contribution is 6.23. The number of carbonyl (C=O) groups excluding carboxylic acids is 2. The van der Waals surface area contributed by atoms with E-state index in [9.17, 15) is 9.59 Å². The third-order valence-electron chi connectivity index (χ3n) is 4.82. The van der Waals surface area contributed by atoms with Crippen LogP contribution in [-0.2, 0) is 9.59 Å². The molecule has 2 N–H and O–H groups in total. The molecule has 1 aliphatic heterocycles. The lowest BCUT2D eigenvalue weighted by Gasteiger charge is -2.16. The quantitative estimate of drug-likeness (QED) is 0.699. The highest BCUT2D eigenvalue weighted by atomic mass is 16.5. The summed E-state index contributed by atoms with van der Waals surface area (Å²) in [6.07, 6.45) is 1.68. The van der Waals surface area contributed by atoms with E-state index in [2.05, 4.69) is 10.1 Å². The molecule has 1 saturated heterocycles. The molecule has 1 fully saturated rings. The fraction of sp³-hybridized carbons (Fsp3) is 0.200. The van der Waals surface area contributed by atoms with Gasteiger partial charge in [0.1, 0.15) is 11.6 Å². The van der Waals surface area contributed by atoms with Gasteiger partial charge >= 0.3 is 0 Å². The maximum Gasteiger partial charge on any atom is 0.242 e. The summed E-state index contributed by atoms with van der Waals surface area (Å²) in [5, 5.41) is 4.44. The molecule has 0 aliphatic carbocycles. The van der Waals surface area contributed by atoms with E-state index >= 15 is 0 Å². The van der Waals surface area contributed by atoms with Crippen LogP contribution in [-0.4, -0.2) is 33.7 Å². The van der Waals surface area contributed by atoms with E-state index in [1.165, 1.54) is 16.7 Å². The number of carbonyl (C=O) groups is 2. The van der Waals surface area contributed by atoms with Gasteiger partial charge in [-0.05, 0) is 31.2 Å². The molecule has 0 spiro atoms. The summed E-state index contributed by atoms with van der Waals surface area (Å²) in [5.41, 5.74) is 7.95. The predicted molar refractivity (Wildman–Crippen MR) is 103 cm³/mol. The first-order valence-corrected chi connectivity index (χ1v) is 8.78. The van der Waals surface area contributed by atoms with Crippen molar-refractivity contribution in [1.82, 2.24) is 14.8 Å². The third-order valence-corrected chi connectivity index (χ3v) is 4.82. The van der Waals surface area contributed by atoms with Crippen LogP contribution in [0, 0.1) is 6.92 Å². The van der Waals surface area contributed by atoms with Crippen molar-refractivity contribution in [2.45, 2.75) is 19.3 Å². The topological polar surface area (TPSA) is 103 Å². The smallest absolute Gasteiger partial charge is 0.242 e. The molecule has 142 valence electrons. The highest BCUT2D eigenvalue weighted by Gasteiger charge is 2.43. The van der Waals surface area contributed by atoms with Crippen LogP contribution >= 0.6 is 0 Å². The van der Waals surface area contributed by atoms with Crippen LogP contribution in [0.4, 0.5) is 11.5 Å². The van der Waals surface area contributed by atoms with Crippen molar-refractivity contribution < 1.29 is 14.3 Å². The van der Waals surface area contributed by atoms with Gasteiger partial charge in [0.15, 0.2) is 5.82 Å². The van der Waals surface area contributed by atoms with Crippen LogP contribution in [0.15, 0.2) is 48.7 Å². The van der Waals surface area contributed by atoms with Crippen molar-refractivity contribution in [2.24, 2.45) is 0 Å². The number of methoxy groups -OCH3 is 1. The molecule has 0 bridgehead atoms. The Labute approximate surface area is 161 Å². The number of pyridine rings is 1. The summed E-state index contributed by atoms with van der Waals surface area (Å²) in [6, 6.07) is 12.2. The van der Waals surface area contributed by atoms with Gasteiger partial charge in [-0.25, -0.2) is 9.88 Å². The van der Waals surface area contributed by atoms with Gasteiger partial charge in [0, 0.05) is 24.2 Å². The molecular formula is C20H19N5O3. The van der Waals surface area contributed by atoms with Crippen LogP contribution in [0.25, 0.3) is 5.82 Å². The van der Waals surface area contributed by atoms with E-state index in [4.69, 9.17) is 10.5 Å². The Balaban J connectivity index is 1.72. The molecule has 1 atom stereocenters. The molecule has 2 aromatic heterocycles. The number of nitrogens with zero attached hydrogens (tertiary/aromatic N) is 4. The number of nitrogen functional groups attached to an aromatic ring is 1. The molecule has 1 aromatic carbocycles. The molecule has 8 heteroatoms. The molecular weight excluding hydrogens is 358 g/mol. The number of aromatic nitrogens is 3. The fourth-order valence-corrected chi connectivity index (χ4v) is 3.52. The number of nitrogens with two attached hydrogens (primary N) is 1. The number of hydrogen-bond donors (Lipinski definition) is 1. The standard InChI is InChI=1S/C20H19N5O3/c1-12-18(19(21)25(23-12)16-8-3-4-9-22-16)15-11-17(26)24(20(15)27)13-6-5-7-14(10-13)28-2/h3-10,15H,11,21H2,1-2H3. The number of ether oxygens (including phenoxy) is 1. The number of benzene rings is 1. The predicted octanol–water partition coefficient (Wildman–Crippen LogP) is 2.21. The molecule has 2 amide bonds. The number of anilines is 2. The Kier molecular flexibility index (Phi) is 4.31. The van der Waals surface area contributed by atoms with Gasteiger partial charge in [0.25, 0.3) is 0 Å². The highest BCUT2D eigenvalue weighted by Crippen LogP contribution is 2.38. The van der Waals surface area contributed by atoms with Gasteiger partial charge < -0.3 is 10.5 Å². The molecule has 8 nitrogen and oxygen atoms in total. The number of rotatable bonds is 4. The first-order valence-electron chi connectivity index (χ1n) is 8.78. The van der Waals surface area contributed by atoms with E-state index in [1.54, 1.807) is 49.5 Å². The van der Waals surface area contributed by atoms with E-state index in [1.807, 2.05) is 6.07 Å². The molecule has 4 rings (SSSR count). The summed E-state index contributed by atoms with van der Waals surface area (Å²) < 4.78 is 6.69. The fourth-order valence-electron chi connectivity index (χ4n) is 3.52. The van der Waals surface area contributed by atoms with Crippen LogP contribution in [0.5, 0.6) is 5.75 Å². The normalized spacial score (nSPS) is 16.6.